The van der Waals surface area contributed by atoms with Crippen LogP contribution in [-0.4, -0.2) is 50.3 Å². The van der Waals surface area contributed by atoms with Gasteiger partial charge in [-0.1, -0.05) is 26.2 Å². The monoisotopic (exact) mass is 379 g/mol. The number of carbonyl (C=O) groups is 1. The second-order valence-electron chi connectivity index (χ2n) is 6.40. The number of aliphatic hydroxyl groups excluding tert-OH is 2. The Morgan fingerprint density at radius 1 is 1.48 bits per heavy atom. The van der Waals surface area contributed by atoms with Gasteiger partial charge in [0.05, 0.1) is 11.7 Å². The number of carbonyl (C=O) groups excluding carboxylic acids is 1. The number of anilines is 1. The van der Waals surface area contributed by atoms with Crippen molar-refractivity contribution in [3.63, 3.8) is 0 Å². The Balaban J connectivity index is 2.23. The van der Waals surface area contributed by atoms with Crippen molar-refractivity contribution >= 4 is 11.9 Å². The summed E-state index contributed by atoms with van der Waals surface area (Å²) in [6.07, 6.45) is 3.71. The van der Waals surface area contributed by atoms with E-state index < -0.39 is 36.3 Å². The molecule has 3 unspecified atom stereocenters. The lowest BCUT2D eigenvalue weighted by Crippen LogP contribution is -2.36. The van der Waals surface area contributed by atoms with Gasteiger partial charge in [0.15, 0.2) is 12.0 Å². The minimum atomic E-state index is -1.31. The number of terminal acetylenes is 1. The van der Waals surface area contributed by atoms with Gasteiger partial charge in [-0.2, -0.15) is 4.98 Å². The SMILES string of the molecule is C#Cc1cn([C@@H]2O[C@H](C)C(O)C2O)c(=O)nc1NC(=O)OC(CC)CCC. The van der Waals surface area contributed by atoms with E-state index in [-0.39, 0.29) is 17.5 Å². The third-order valence-electron chi connectivity index (χ3n) is 4.42. The number of ether oxygens (including phenoxy) is 2. The van der Waals surface area contributed by atoms with Gasteiger partial charge in [-0.3, -0.25) is 9.88 Å². The van der Waals surface area contributed by atoms with Crippen molar-refractivity contribution in [3.8, 4) is 12.3 Å². The molecule has 0 radical (unpaired) electrons. The Kier molecular flexibility index (Phi) is 6.96. The molecule has 1 fully saturated rings. The molecule has 1 aliphatic heterocycles. The van der Waals surface area contributed by atoms with E-state index in [1.54, 1.807) is 6.92 Å². The van der Waals surface area contributed by atoms with E-state index >= 15 is 0 Å². The van der Waals surface area contributed by atoms with Crippen LogP contribution in [-0.2, 0) is 9.47 Å². The summed E-state index contributed by atoms with van der Waals surface area (Å²) in [4.78, 5) is 28.2. The molecule has 0 bridgehead atoms. The zero-order chi connectivity index (χ0) is 20.1. The minimum absolute atomic E-state index is 0.111. The first-order chi connectivity index (χ1) is 12.8. The quantitative estimate of drug-likeness (QED) is 0.630. The molecule has 1 saturated heterocycles. The van der Waals surface area contributed by atoms with Gasteiger partial charge in [0.2, 0.25) is 0 Å². The van der Waals surface area contributed by atoms with E-state index in [4.69, 9.17) is 15.9 Å². The van der Waals surface area contributed by atoms with Crippen LogP contribution >= 0.6 is 0 Å². The lowest BCUT2D eigenvalue weighted by atomic mass is 10.1. The second-order valence-corrected chi connectivity index (χ2v) is 6.40. The molecule has 1 aromatic heterocycles. The lowest BCUT2D eigenvalue weighted by molar-refractivity contribution is -0.0350. The first-order valence-electron chi connectivity index (χ1n) is 8.91. The molecular weight excluding hydrogens is 354 g/mol. The summed E-state index contributed by atoms with van der Waals surface area (Å²) >= 11 is 0. The van der Waals surface area contributed by atoms with Crippen LogP contribution in [0.25, 0.3) is 0 Å². The van der Waals surface area contributed by atoms with Crippen molar-refractivity contribution in [1.29, 1.82) is 0 Å². The zero-order valence-corrected chi connectivity index (χ0v) is 15.6. The summed E-state index contributed by atoms with van der Waals surface area (Å²) in [5.41, 5.74) is -0.685. The van der Waals surface area contributed by atoms with Crippen molar-refractivity contribution in [3.05, 3.63) is 22.2 Å². The van der Waals surface area contributed by atoms with Gasteiger partial charge in [0.25, 0.3) is 0 Å². The average molecular weight is 379 g/mol. The van der Waals surface area contributed by atoms with E-state index in [0.717, 1.165) is 17.4 Å². The number of aromatic nitrogens is 2. The van der Waals surface area contributed by atoms with Crippen LogP contribution in [0.4, 0.5) is 10.6 Å². The number of hydrogen-bond acceptors (Lipinski definition) is 7. The van der Waals surface area contributed by atoms with Crippen molar-refractivity contribution in [2.45, 2.75) is 70.7 Å². The highest BCUT2D eigenvalue weighted by molar-refractivity contribution is 5.85. The highest BCUT2D eigenvalue weighted by atomic mass is 16.6. The first-order valence-corrected chi connectivity index (χ1v) is 8.91. The van der Waals surface area contributed by atoms with Gasteiger partial charge in [0.1, 0.15) is 18.3 Å². The predicted octanol–water partition coefficient (Wildman–Crippen LogP) is 0.991. The Labute approximate surface area is 157 Å². The Bertz CT molecular complexity index is 771. The molecule has 2 rings (SSSR count). The van der Waals surface area contributed by atoms with E-state index in [2.05, 4.69) is 16.2 Å². The summed E-state index contributed by atoms with van der Waals surface area (Å²) in [5, 5.41) is 22.3. The molecular formula is C18H25N3O6. The first kappa shape index (κ1) is 20.9. The van der Waals surface area contributed by atoms with E-state index in [1.165, 1.54) is 6.20 Å². The number of amides is 1. The summed E-state index contributed by atoms with van der Waals surface area (Å²) in [7, 11) is 0. The van der Waals surface area contributed by atoms with Crippen LogP contribution in [0.2, 0.25) is 0 Å². The lowest BCUT2D eigenvalue weighted by Gasteiger charge is -2.19. The largest absolute Gasteiger partial charge is 0.446 e. The molecule has 1 amide bonds. The molecule has 2 heterocycles. The maximum atomic E-state index is 12.3. The van der Waals surface area contributed by atoms with Gasteiger partial charge in [0, 0.05) is 6.20 Å². The maximum absolute atomic E-state index is 12.3. The molecule has 3 N–H and O–H groups in total. The molecule has 0 saturated carbocycles. The maximum Gasteiger partial charge on any atom is 0.413 e. The van der Waals surface area contributed by atoms with Crippen molar-refractivity contribution in [2.24, 2.45) is 0 Å². The zero-order valence-electron chi connectivity index (χ0n) is 15.6. The molecule has 0 spiro atoms. The smallest absolute Gasteiger partial charge is 0.413 e. The van der Waals surface area contributed by atoms with Gasteiger partial charge in [-0.05, 0) is 19.8 Å². The van der Waals surface area contributed by atoms with E-state index in [0.29, 0.717) is 6.42 Å². The fourth-order valence-electron chi connectivity index (χ4n) is 2.86. The van der Waals surface area contributed by atoms with Crippen LogP contribution in [0, 0.1) is 12.3 Å². The number of rotatable bonds is 6. The van der Waals surface area contributed by atoms with Crippen LogP contribution in [0.15, 0.2) is 11.0 Å². The second kappa shape index (κ2) is 8.99. The predicted molar refractivity (Wildman–Crippen MR) is 97.1 cm³/mol. The standard InChI is InChI=1S/C18H25N3O6/c1-5-8-12(7-3)27-18(25)20-15-11(6-2)9-21(17(24)19-15)16-14(23)13(22)10(4)26-16/h2,9-10,12-14,16,22-23H,5,7-8H2,1,3-4H3,(H,19,20,24,25)/t10-,12?,13?,14?,16-/m1/s1. The van der Waals surface area contributed by atoms with Crippen LogP contribution in [0.3, 0.4) is 0 Å². The Hall–Kier alpha value is -2.41. The van der Waals surface area contributed by atoms with E-state index in [1.807, 2.05) is 13.8 Å². The molecule has 0 aromatic carbocycles. The van der Waals surface area contributed by atoms with Gasteiger partial charge >= 0.3 is 11.8 Å². The van der Waals surface area contributed by atoms with Gasteiger partial charge in [-0.25, -0.2) is 9.59 Å². The van der Waals surface area contributed by atoms with Crippen molar-refractivity contribution in [1.82, 2.24) is 9.55 Å². The fraction of sp³-hybridized carbons (Fsp3) is 0.611. The summed E-state index contributed by atoms with van der Waals surface area (Å²) < 4.78 is 11.7. The molecule has 9 nitrogen and oxygen atoms in total. The molecule has 9 heteroatoms. The number of aliphatic hydroxyl groups is 2. The number of hydrogen-bond donors (Lipinski definition) is 3. The highest BCUT2D eigenvalue weighted by Crippen LogP contribution is 2.28. The molecule has 148 valence electrons. The van der Waals surface area contributed by atoms with Crippen molar-refractivity contribution in [2.75, 3.05) is 5.32 Å². The highest BCUT2D eigenvalue weighted by Gasteiger charge is 2.42. The molecule has 1 aliphatic rings. The Morgan fingerprint density at radius 3 is 2.70 bits per heavy atom. The fourth-order valence-corrected chi connectivity index (χ4v) is 2.86. The number of nitrogens with one attached hydrogen (secondary N) is 1. The van der Waals surface area contributed by atoms with Crippen LogP contribution in [0.1, 0.15) is 51.8 Å². The normalized spacial score (nSPS) is 25.6. The minimum Gasteiger partial charge on any atom is -0.446 e. The third-order valence-corrected chi connectivity index (χ3v) is 4.42. The topological polar surface area (TPSA) is 123 Å². The summed E-state index contributed by atoms with van der Waals surface area (Å²) in [6, 6.07) is 0. The Morgan fingerprint density at radius 2 is 2.19 bits per heavy atom. The molecule has 5 atom stereocenters. The van der Waals surface area contributed by atoms with Gasteiger partial charge < -0.3 is 19.7 Å². The van der Waals surface area contributed by atoms with Crippen LogP contribution in [0.5, 0.6) is 0 Å². The van der Waals surface area contributed by atoms with Gasteiger partial charge in [-0.15, -0.1) is 6.42 Å². The molecule has 27 heavy (non-hydrogen) atoms. The average Bonchev–Trinajstić information content (AvgIpc) is 2.89. The summed E-state index contributed by atoms with van der Waals surface area (Å²) in [6.45, 7) is 5.46. The molecule has 1 aromatic rings. The molecule has 0 aliphatic carbocycles. The number of nitrogens with zero attached hydrogens (tertiary/aromatic N) is 2. The van der Waals surface area contributed by atoms with Crippen molar-refractivity contribution < 1.29 is 24.5 Å². The third kappa shape index (κ3) is 4.66. The summed E-state index contributed by atoms with van der Waals surface area (Å²) in [5.74, 6) is 2.21. The van der Waals surface area contributed by atoms with E-state index in [9.17, 15) is 19.8 Å². The van der Waals surface area contributed by atoms with Crippen LogP contribution < -0.4 is 11.0 Å².